The number of carboxylic acid groups (broad SMARTS) is 1. The van der Waals surface area contributed by atoms with Crippen molar-refractivity contribution in [3.8, 4) is 5.75 Å². The Bertz CT molecular complexity index is 1360. The van der Waals surface area contributed by atoms with Gasteiger partial charge in [0.2, 0.25) is 0 Å². The monoisotopic (exact) mass is 597 g/mol. The van der Waals surface area contributed by atoms with Crippen molar-refractivity contribution in [2.75, 3.05) is 13.1 Å². The van der Waals surface area contributed by atoms with Crippen LogP contribution in [0.3, 0.4) is 0 Å². The van der Waals surface area contributed by atoms with E-state index in [1.165, 1.54) is 12.1 Å². The molecule has 222 valence electrons. The van der Waals surface area contributed by atoms with Gasteiger partial charge in [0.25, 0.3) is 0 Å². The van der Waals surface area contributed by atoms with Gasteiger partial charge in [-0.2, -0.15) is 13.2 Å². The Morgan fingerprint density at radius 2 is 1.43 bits per heavy atom. The zero-order valence-electron chi connectivity index (χ0n) is 23.3. The summed E-state index contributed by atoms with van der Waals surface area (Å²) in [6.45, 7) is 3.48. The first-order valence-electron chi connectivity index (χ1n) is 13.6. The van der Waals surface area contributed by atoms with E-state index in [4.69, 9.17) is 9.84 Å². The molecule has 42 heavy (non-hydrogen) atoms. The molecule has 0 amide bonds. The van der Waals surface area contributed by atoms with Crippen LogP contribution in [-0.2, 0) is 23.9 Å². The summed E-state index contributed by atoms with van der Waals surface area (Å²) in [4.78, 5) is 13.3. The van der Waals surface area contributed by atoms with Crippen LogP contribution in [0.2, 0.25) is 0 Å². The third-order valence-electron chi connectivity index (χ3n) is 6.95. The van der Waals surface area contributed by atoms with Crippen LogP contribution in [-0.4, -0.2) is 35.2 Å². The summed E-state index contributed by atoms with van der Waals surface area (Å²) in [5.41, 5.74) is 2.85. The van der Waals surface area contributed by atoms with Crippen molar-refractivity contribution < 1.29 is 27.8 Å². The largest absolute Gasteiger partial charge is 0.491 e. The van der Waals surface area contributed by atoms with Gasteiger partial charge in [0.15, 0.2) is 0 Å². The number of hydrogen-bond acceptors (Lipinski definition) is 3. The van der Waals surface area contributed by atoms with E-state index >= 15 is 0 Å². The maximum absolute atomic E-state index is 13.5. The fourth-order valence-electron chi connectivity index (χ4n) is 4.93. The number of benzene rings is 4. The van der Waals surface area contributed by atoms with Gasteiger partial charge in [-0.25, -0.2) is 0 Å². The molecule has 0 bridgehead atoms. The SMILES string of the molecule is C[C@H](CCN(Cc1cccc(C(F)(F)F)c1)CC(c1ccccc1)c1ccccc1)Oc1cccc(CC(=O)O)c1.Cl. The predicted octanol–water partition coefficient (Wildman–Crippen LogP) is 8.25. The van der Waals surface area contributed by atoms with Gasteiger partial charge in [0.1, 0.15) is 5.75 Å². The number of halogens is 4. The maximum Gasteiger partial charge on any atom is 0.416 e. The first kappa shape index (κ1) is 32.7. The highest BCUT2D eigenvalue weighted by Crippen LogP contribution is 2.31. The van der Waals surface area contributed by atoms with Gasteiger partial charge in [-0.3, -0.25) is 9.69 Å². The molecule has 0 radical (unpaired) electrons. The topological polar surface area (TPSA) is 49.8 Å². The van der Waals surface area contributed by atoms with Crippen LogP contribution < -0.4 is 4.74 Å². The number of alkyl halides is 3. The molecule has 4 rings (SSSR count). The molecule has 0 fully saturated rings. The number of rotatable bonds is 13. The Morgan fingerprint density at radius 1 is 0.833 bits per heavy atom. The molecule has 4 aromatic carbocycles. The van der Waals surface area contributed by atoms with E-state index in [9.17, 15) is 18.0 Å². The fourth-order valence-corrected chi connectivity index (χ4v) is 4.93. The Morgan fingerprint density at radius 3 is 2.02 bits per heavy atom. The number of carbonyl (C=O) groups is 1. The molecule has 1 N–H and O–H groups in total. The van der Waals surface area contributed by atoms with E-state index in [0.29, 0.717) is 42.9 Å². The van der Waals surface area contributed by atoms with Crippen molar-refractivity contribution in [1.29, 1.82) is 0 Å². The third kappa shape index (κ3) is 9.93. The van der Waals surface area contributed by atoms with Crippen molar-refractivity contribution in [2.24, 2.45) is 0 Å². The van der Waals surface area contributed by atoms with Gasteiger partial charge in [-0.15, -0.1) is 12.4 Å². The predicted molar refractivity (Wildman–Crippen MR) is 161 cm³/mol. The van der Waals surface area contributed by atoms with Crippen LogP contribution in [0.25, 0.3) is 0 Å². The molecule has 4 aromatic rings. The van der Waals surface area contributed by atoms with Crippen molar-refractivity contribution in [3.63, 3.8) is 0 Å². The van der Waals surface area contributed by atoms with E-state index in [1.54, 1.807) is 30.3 Å². The summed E-state index contributed by atoms with van der Waals surface area (Å²) in [6.07, 6.45) is -4.07. The molecule has 0 aromatic heterocycles. The smallest absolute Gasteiger partial charge is 0.416 e. The summed E-state index contributed by atoms with van der Waals surface area (Å²) in [7, 11) is 0. The summed E-state index contributed by atoms with van der Waals surface area (Å²) < 4.78 is 46.5. The van der Waals surface area contributed by atoms with Gasteiger partial charge < -0.3 is 9.84 Å². The average molecular weight is 598 g/mol. The van der Waals surface area contributed by atoms with Gasteiger partial charge >= 0.3 is 12.1 Å². The van der Waals surface area contributed by atoms with Gasteiger partial charge in [-0.05, 0) is 53.8 Å². The average Bonchev–Trinajstić information content (AvgIpc) is 2.95. The summed E-state index contributed by atoms with van der Waals surface area (Å²) in [5, 5.41) is 9.10. The molecule has 1 atom stereocenters. The van der Waals surface area contributed by atoms with Crippen molar-refractivity contribution in [1.82, 2.24) is 4.90 Å². The van der Waals surface area contributed by atoms with Crippen LogP contribution in [0.1, 0.15) is 47.1 Å². The first-order valence-corrected chi connectivity index (χ1v) is 13.6. The lowest BCUT2D eigenvalue weighted by Gasteiger charge is -2.30. The van der Waals surface area contributed by atoms with E-state index in [2.05, 4.69) is 29.2 Å². The lowest BCUT2D eigenvalue weighted by Crippen LogP contribution is -2.32. The van der Waals surface area contributed by atoms with Crippen LogP contribution in [0.4, 0.5) is 13.2 Å². The third-order valence-corrected chi connectivity index (χ3v) is 6.95. The number of ether oxygens (including phenoxy) is 1. The Balaban J connectivity index is 0.00000484. The number of hydrogen-bond donors (Lipinski definition) is 1. The molecule has 4 nitrogen and oxygen atoms in total. The van der Waals surface area contributed by atoms with Gasteiger partial charge in [0, 0.05) is 25.6 Å². The molecular weight excluding hydrogens is 563 g/mol. The van der Waals surface area contributed by atoms with Gasteiger partial charge in [-0.1, -0.05) is 91.0 Å². The molecule has 0 spiro atoms. The quantitative estimate of drug-likeness (QED) is 0.169. The fraction of sp³-hybridized carbons (Fsp3) is 0.265. The van der Waals surface area contributed by atoms with Crippen LogP contribution >= 0.6 is 12.4 Å². The van der Waals surface area contributed by atoms with Crippen molar-refractivity contribution in [3.05, 3.63) is 137 Å². The minimum absolute atomic E-state index is 0. The molecule has 8 heteroatoms. The van der Waals surface area contributed by atoms with Crippen molar-refractivity contribution >= 4 is 18.4 Å². The lowest BCUT2D eigenvalue weighted by molar-refractivity contribution is -0.138. The zero-order chi connectivity index (χ0) is 29.2. The Hall–Kier alpha value is -3.81. The maximum atomic E-state index is 13.5. The van der Waals surface area contributed by atoms with Crippen LogP contribution in [0.5, 0.6) is 5.75 Å². The molecular formula is C34H35ClF3NO3. The normalized spacial score (nSPS) is 12.1. The number of nitrogens with zero attached hydrogens (tertiary/aromatic N) is 1. The minimum atomic E-state index is -4.41. The Labute approximate surface area is 251 Å². The zero-order valence-corrected chi connectivity index (χ0v) is 24.2. The summed E-state index contributed by atoms with van der Waals surface area (Å²) in [6, 6.07) is 32.8. The number of carboxylic acids is 1. The first-order chi connectivity index (χ1) is 19.7. The second-order valence-electron chi connectivity index (χ2n) is 10.2. The molecule has 0 aliphatic carbocycles. The second kappa shape index (κ2) is 15.4. The second-order valence-corrected chi connectivity index (χ2v) is 10.2. The van der Waals surface area contributed by atoms with Crippen molar-refractivity contribution in [2.45, 2.75) is 44.5 Å². The minimum Gasteiger partial charge on any atom is -0.491 e. The van der Waals surface area contributed by atoms with E-state index in [0.717, 1.165) is 17.2 Å². The molecule has 0 saturated carbocycles. The van der Waals surface area contributed by atoms with Crippen LogP contribution in [0.15, 0.2) is 109 Å². The van der Waals surface area contributed by atoms with E-state index in [-0.39, 0.29) is 30.8 Å². The molecule has 0 saturated heterocycles. The lowest BCUT2D eigenvalue weighted by atomic mass is 9.90. The molecule has 0 heterocycles. The highest BCUT2D eigenvalue weighted by molar-refractivity contribution is 5.85. The molecule has 0 aliphatic heterocycles. The van der Waals surface area contributed by atoms with E-state index < -0.39 is 17.7 Å². The summed E-state index contributed by atoms with van der Waals surface area (Å²) in [5.74, 6) is -0.300. The standard InChI is InChI=1S/C34H34F3NO3.ClH/c1-25(41-31-17-9-10-26(21-31)22-33(39)40)18-19-38(23-27-11-8-16-30(20-27)34(35,36)37)24-32(28-12-4-2-5-13-28)29-14-6-3-7-15-29;/h2-17,20-21,25,32H,18-19,22-24H2,1H3,(H,39,40);1H/t25-;/m1./s1. The highest BCUT2D eigenvalue weighted by Gasteiger charge is 2.30. The van der Waals surface area contributed by atoms with Crippen LogP contribution in [0, 0.1) is 0 Å². The van der Waals surface area contributed by atoms with E-state index in [1.807, 2.05) is 43.3 Å². The number of aliphatic carboxylic acids is 1. The Kier molecular flexibility index (Phi) is 12.0. The molecule has 0 unspecified atom stereocenters. The van der Waals surface area contributed by atoms with Gasteiger partial charge in [0.05, 0.1) is 18.1 Å². The summed E-state index contributed by atoms with van der Waals surface area (Å²) >= 11 is 0. The molecule has 0 aliphatic rings. The highest BCUT2D eigenvalue weighted by atomic mass is 35.5.